The Bertz CT molecular complexity index is 965. The van der Waals surface area contributed by atoms with E-state index in [0.717, 1.165) is 17.7 Å². The second-order valence-electron chi connectivity index (χ2n) is 6.48. The zero-order valence-electron chi connectivity index (χ0n) is 15.4. The standard InChI is InChI=1S/C21H19F3N2O2/c1-13(16-9-6-10-17(11-16)21(22,23)24)25-19(27)12-18-14(2)28-20(26-18)15-7-4-3-5-8-15/h3-11,13H,12H2,1-2H3,(H,25,27)/t13-/m0/s1. The minimum absolute atomic E-state index is 0.0224. The Balaban J connectivity index is 1.68. The number of alkyl halides is 3. The smallest absolute Gasteiger partial charge is 0.416 e. The van der Waals surface area contributed by atoms with Crippen LogP contribution in [0.15, 0.2) is 59.0 Å². The van der Waals surface area contributed by atoms with Gasteiger partial charge in [-0.3, -0.25) is 4.79 Å². The van der Waals surface area contributed by atoms with Gasteiger partial charge in [-0.2, -0.15) is 13.2 Å². The highest BCUT2D eigenvalue weighted by atomic mass is 19.4. The van der Waals surface area contributed by atoms with Crippen molar-refractivity contribution in [3.05, 3.63) is 77.2 Å². The molecule has 0 bridgehead atoms. The number of carbonyl (C=O) groups is 1. The first-order chi connectivity index (χ1) is 13.2. The van der Waals surface area contributed by atoms with Gasteiger partial charge in [-0.1, -0.05) is 30.3 Å². The summed E-state index contributed by atoms with van der Waals surface area (Å²) in [5.41, 5.74) is 0.929. The van der Waals surface area contributed by atoms with Crippen LogP contribution in [0.3, 0.4) is 0 Å². The van der Waals surface area contributed by atoms with Crippen molar-refractivity contribution in [1.82, 2.24) is 10.3 Å². The largest absolute Gasteiger partial charge is 0.441 e. The SMILES string of the molecule is Cc1oc(-c2ccccc2)nc1CC(=O)N[C@@H](C)c1cccc(C(F)(F)F)c1. The van der Waals surface area contributed by atoms with Crippen molar-refractivity contribution in [2.24, 2.45) is 0 Å². The summed E-state index contributed by atoms with van der Waals surface area (Å²) in [6, 6.07) is 13.6. The number of halogens is 3. The Labute approximate surface area is 160 Å². The molecule has 3 rings (SSSR count). The van der Waals surface area contributed by atoms with E-state index in [4.69, 9.17) is 4.42 Å². The van der Waals surface area contributed by atoms with Crippen LogP contribution in [0.2, 0.25) is 0 Å². The number of carbonyl (C=O) groups excluding carboxylic acids is 1. The van der Waals surface area contributed by atoms with Gasteiger partial charge in [0, 0.05) is 5.56 Å². The first kappa shape index (κ1) is 19.7. The molecule has 0 fully saturated rings. The number of nitrogens with one attached hydrogen (secondary N) is 1. The maximum Gasteiger partial charge on any atom is 0.416 e. The Kier molecular flexibility index (Phi) is 5.53. The lowest BCUT2D eigenvalue weighted by Crippen LogP contribution is -2.28. The molecular weight excluding hydrogens is 369 g/mol. The van der Waals surface area contributed by atoms with E-state index in [0.29, 0.717) is 22.9 Å². The van der Waals surface area contributed by atoms with E-state index in [-0.39, 0.29) is 12.3 Å². The minimum atomic E-state index is -4.43. The quantitative estimate of drug-likeness (QED) is 0.662. The van der Waals surface area contributed by atoms with E-state index in [1.807, 2.05) is 30.3 Å². The summed E-state index contributed by atoms with van der Waals surface area (Å²) in [6.07, 6.45) is -4.45. The van der Waals surface area contributed by atoms with Gasteiger partial charge in [0.1, 0.15) is 5.76 Å². The molecule has 3 aromatic rings. The van der Waals surface area contributed by atoms with Gasteiger partial charge in [0.25, 0.3) is 0 Å². The van der Waals surface area contributed by atoms with E-state index in [1.54, 1.807) is 19.9 Å². The van der Waals surface area contributed by atoms with Crippen LogP contribution in [0.4, 0.5) is 13.2 Å². The second kappa shape index (κ2) is 7.88. The van der Waals surface area contributed by atoms with Crippen LogP contribution in [-0.4, -0.2) is 10.9 Å². The molecule has 1 amide bonds. The maximum absolute atomic E-state index is 12.9. The molecule has 0 unspecified atom stereocenters. The van der Waals surface area contributed by atoms with E-state index < -0.39 is 17.8 Å². The lowest BCUT2D eigenvalue weighted by molar-refractivity contribution is -0.137. The maximum atomic E-state index is 12.9. The van der Waals surface area contributed by atoms with Gasteiger partial charge in [0.15, 0.2) is 0 Å². The molecule has 0 aliphatic carbocycles. The number of oxazole rings is 1. The molecule has 4 nitrogen and oxygen atoms in total. The third-order valence-electron chi connectivity index (χ3n) is 4.33. The number of rotatable bonds is 5. The molecule has 146 valence electrons. The lowest BCUT2D eigenvalue weighted by atomic mass is 10.0. The Morgan fingerprint density at radius 2 is 1.86 bits per heavy atom. The molecule has 1 atom stereocenters. The highest BCUT2D eigenvalue weighted by Crippen LogP contribution is 2.30. The first-order valence-corrected chi connectivity index (χ1v) is 8.72. The van der Waals surface area contributed by atoms with Crippen LogP contribution < -0.4 is 5.32 Å². The topological polar surface area (TPSA) is 55.1 Å². The van der Waals surface area contributed by atoms with Crippen molar-refractivity contribution in [3.63, 3.8) is 0 Å². The van der Waals surface area contributed by atoms with E-state index in [2.05, 4.69) is 10.3 Å². The van der Waals surface area contributed by atoms with Gasteiger partial charge >= 0.3 is 6.18 Å². The number of amides is 1. The van der Waals surface area contributed by atoms with Gasteiger partial charge in [-0.05, 0) is 43.7 Å². The molecule has 0 aliphatic heterocycles. The summed E-state index contributed by atoms with van der Waals surface area (Å²) >= 11 is 0. The molecule has 0 spiro atoms. The fourth-order valence-corrected chi connectivity index (χ4v) is 2.81. The predicted octanol–water partition coefficient (Wildman–Crippen LogP) is 5.09. The number of benzene rings is 2. The summed E-state index contributed by atoms with van der Waals surface area (Å²) in [5, 5.41) is 2.71. The summed E-state index contributed by atoms with van der Waals surface area (Å²) in [4.78, 5) is 16.7. The van der Waals surface area contributed by atoms with Crippen molar-refractivity contribution in [3.8, 4) is 11.5 Å². The van der Waals surface area contributed by atoms with E-state index in [9.17, 15) is 18.0 Å². The Morgan fingerprint density at radius 1 is 1.14 bits per heavy atom. The van der Waals surface area contributed by atoms with Crippen LogP contribution in [-0.2, 0) is 17.4 Å². The number of hydrogen-bond donors (Lipinski definition) is 1. The fourth-order valence-electron chi connectivity index (χ4n) is 2.81. The normalized spacial score (nSPS) is 12.6. The molecule has 0 radical (unpaired) electrons. The monoisotopic (exact) mass is 388 g/mol. The van der Waals surface area contributed by atoms with Crippen molar-refractivity contribution >= 4 is 5.91 Å². The molecule has 0 aliphatic rings. The molecule has 0 saturated carbocycles. The Hall–Kier alpha value is -3.09. The summed E-state index contributed by atoms with van der Waals surface area (Å²) in [5.74, 6) is 0.605. The fraction of sp³-hybridized carbons (Fsp3) is 0.238. The van der Waals surface area contributed by atoms with E-state index >= 15 is 0 Å². The first-order valence-electron chi connectivity index (χ1n) is 8.72. The van der Waals surface area contributed by atoms with Gasteiger partial charge in [-0.25, -0.2) is 4.98 Å². The molecule has 1 N–H and O–H groups in total. The Morgan fingerprint density at radius 3 is 2.54 bits per heavy atom. The minimum Gasteiger partial charge on any atom is -0.441 e. The predicted molar refractivity (Wildman–Crippen MR) is 98.4 cm³/mol. The third kappa shape index (κ3) is 4.60. The van der Waals surface area contributed by atoms with Crippen molar-refractivity contribution in [1.29, 1.82) is 0 Å². The molecule has 2 aromatic carbocycles. The number of hydrogen-bond acceptors (Lipinski definition) is 3. The average Bonchev–Trinajstić information content (AvgIpc) is 3.02. The van der Waals surface area contributed by atoms with Crippen molar-refractivity contribution in [2.75, 3.05) is 0 Å². The number of aryl methyl sites for hydroxylation is 1. The zero-order chi connectivity index (χ0) is 20.3. The van der Waals surface area contributed by atoms with Crippen molar-refractivity contribution < 1.29 is 22.4 Å². The summed E-state index contributed by atoms with van der Waals surface area (Å²) in [7, 11) is 0. The lowest BCUT2D eigenvalue weighted by Gasteiger charge is -2.16. The zero-order valence-corrected chi connectivity index (χ0v) is 15.4. The molecular formula is C21H19F3N2O2. The highest BCUT2D eigenvalue weighted by molar-refractivity contribution is 5.79. The summed E-state index contributed by atoms with van der Waals surface area (Å²) in [6.45, 7) is 3.36. The van der Waals surface area contributed by atoms with Crippen LogP contribution in [0.25, 0.3) is 11.5 Å². The van der Waals surface area contributed by atoms with Crippen LogP contribution in [0.5, 0.6) is 0 Å². The third-order valence-corrected chi connectivity index (χ3v) is 4.33. The van der Waals surface area contributed by atoms with Crippen LogP contribution in [0, 0.1) is 6.92 Å². The molecule has 1 heterocycles. The van der Waals surface area contributed by atoms with Gasteiger partial charge < -0.3 is 9.73 Å². The van der Waals surface area contributed by atoms with E-state index in [1.165, 1.54) is 6.07 Å². The van der Waals surface area contributed by atoms with Crippen molar-refractivity contribution in [2.45, 2.75) is 32.5 Å². The summed E-state index contributed by atoms with van der Waals surface area (Å²) < 4.78 is 44.2. The van der Waals surface area contributed by atoms with Crippen LogP contribution >= 0.6 is 0 Å². The average molecular weight is 388 g/mol. The van der Waals surface area contributed by atoms with Gasteiger partial charge in [0.05, 0.1) is 23.7 Å². The molecule has 28 heavy (non-hydrogen) atoms. The second-order valence-corrected chi connectivity index (χ2v) is 6.48. The van der Waals surface area contributed by atoms with Gasteiger partial charge in [0.2, 0.25) is 11.8 Å². The van der Waals surface area contributed by atoms with Crippen LogP contribution in [0.1, 0.15) is 35.5 Å². The number of aromatic nitrogens is 1. The highest BCUT2D eigenvalue weighted by Gasteiger charge is 2.30. The molecule has 7 heteroatoms. The van der Waals surface area contributed by atoms with Gasteiger partial charge in [-0.15, -0.1) is 0 Å². The molecule has 0 saturated heterocycles. The molecule has 1 aromatic heterocycles. The number of nitrogens with zero attached hydrogens (tertiary/aromatic N) is 1.